The Morgan fingerprint density at radius 1 is 0.975 bits per heavy atom. The van der Waals surface area contributed by atoms with Gasteiger partial charge >= 0.3 is 0 Å². The van der Waals surface area contributed by atoms with Crippen molar-refractivity contribution in [2.24, 2.45) is 0 Å². The van der Waals surface area contributed by atoms with Gasteiger partial charge in [0.15, 0.2) is 0 Å². The highest BCUT2D eigenvalue weighted by molar-refractivity contribution is 7.90. The van der Waals surface area contributed by atoms with Crippen LogP contribution >= 0.6 is 0 Å². The number of rotatable bonds is 13. The zero-order valence-electron chi connectivity index (χ0n) is 23.1. The van der Waals surface area contributed by atoms with Crippen LogP contribution in [0.25, 0.3) is 11.1 Å². The first-order chi connectivity index (χ1) is 19.4. The Morgan fingerprint density at radius 2 is 1.68 bits per heavy atom. The Balaban J connectivity index is 1.44. The summed E-state index contributed by atoms with van der Waals surface area (Å²) in [4.78, 5) is 12.1. The molecule has 0 heterocycles. The lowest BCUT2D eigenvalue weighted by molar-refractivity contribution is -0.119. The highest BCUT2D eigenvalue weighted by atomic mass is 32.2. The molecule has 214 valence electrons. The molecule has 8 heteroatoms. The third-order valence-electron chi connectivity index (χ3n) is 7.20. The molecule has 0 aromatic heterocycles. The number of carbonyl (C=O) groups is 1. The van der Waals surface area contributed by atoms with Gasteiger partial charge in [0, 0.05) is 13.0 Å². The van der Waals surface area contributed by atoms with Gasteiger partial charge in [0.1, 0.15) is 10.6 Å². The topological polar surface area (TPSA) is 105 Å². The summed E-state index contributed by atoms with van der Waals surface area (Å²) in [5.74, 6) is -0.235. The summed E-state index contributed by atoms with van der Waals surface area (Å²) in [6.07, 6.45) is 5.98. The van der Waals surface area contributed by atoms with E-state index in [4.69, 9.17) is 4.74 Å². The monoisotopic (exact) mass is 564 g/mol. The van der Waals surface area contributed by atoms with E-state index >= 15 is 0 Å². The van der Waals surface area contributed by atoms with Crippen molar-refractivity contribution < 1.29 is 23.1 Å². The molecule has 0 radical (unpaired) electrons. The maximum atomic E-state index is 13.1. The Morgan fingerprint density at radius 3 is 2.38 bits per heavy atom. The lowest BCUT2D eigenvalue weighted by atomic mass is 9.97. The molecule has 0 unspecified atom stereocenters. The predicted molar refractivity (Wildman–Crippen MR) is 158 cm³/mol. The SMILES string of the molecule is CCCC(=O)NS(=O)(=O)c1ccc(-c2ccc(CCNC[C@@H](O)c3ccccc3)cc2)cc1OC1CCCCC1. The quantitative estimate of drug-likeness (QED) is 0.236. The summed E-state index contributed by atoms with van der Waals surface area (Å²) >= 11 is 0. The van der Waals surface area contributed by atoms with Crippen LogP contribution in [0.1, 0.15) is 69.1 Å². The van der Waals surface area contributed by atoms with Crippen LogP contribution in [-0.2, 0) is 21.2 Å². The summed E-state index contributed by atoms with van der Waals surface area (Å²) in [5.41, 5.74) is 3.85. The molecule has 3 aromatic rings. The van der Waals surface area contributed by atoms with E-state index in [9.17, 15) is 18.3 Å². The molecule has 1 atom stereocenters. The number of aliphatic hydroxyl groups is 1. The second kappa shape index (κ2) is 14.4. The summed E-state index contributed by atoms with van der Waals surface area (Å²) in [7, 11) is -4.05. The number of amides is 1. The van der Waals surface area contributed by atoms with Crippen LogP contribution in [-0.4, -0.2) is 38.6 Å². The average molecular weight is 565 g/mol. The maximum Gasteiger partial charge on any atom is 0.267 e. The molecule has 0 bridgehead atoms. The van der Waals surface area contributed by atoms with Crippen LogP contribution in [0.2, 0.25) is 0 Å². The first-order valence-electron chi connectivity index (χ1n) is 14.2. The fourth-order valence-electron chi connectivity index (χ4n) is 4.98. The second-order valence-electron chi connectivity index (χ2n) is 10.4. The molecule has 0 aliphatic heterocycles. The summed E-state index contributed by atoms with van der Waals surface area (Å²) < 4.78 is 34.6. The van der Waals surface area contributed by atoms with Crippen LogP contribution < -0.4 is 14.8 Å². The number of ether oxygens (including phenoxy) is 1. The van der Waals surface area contributed by atoms with E-state index in [1.165, 1.54) is 6.07 Å². The molecule has 7 nitrogen and oxygen atoms in total. The molecule has 4 rings (SSSR count). The van der Waals surface area contributed by atoms with E-state index in [0.29, 0.717) is 13.0 Å². The second-order valence-corrected chi connectivity index (χ2v) is 12.0. The van der Waals surface area contributed by atoms with Crippen LogP contribution in [0.15, 0.2) is 77.7 Å². The molecule has 1 aliphatic carbocycles. The highest BCUT2D eigenvalue weighted by Gasteiger charge is 2.25. The van der Waals surface area contributed by atoms with Crippen molar-refractivity contribution in [3.05, 3.63) is 83.9 Å². The predicted octanol–water partition coefficient (Wildman–Crippen LogP) is 5.54. The molecular formula is C32H40N2O5S. The fourth-order valence-corrected chi connectivity index (χ4v) is 6.11. The zero-order chi connectivity index (χ0) is 28.4. The molecule has 1 saturated carbocycles. The molecular weight excluding hydrogens is 524 g/mol. The van der Waals surface area contributed by atoms with Gasteiger partial charge < -0.3 is 15.2 Å². The normalized spacial score (nSPS) is 14.9. The van der Waals surface area contributed by atoms with Gasteiger partial charge in [-0.15, -0.1) is 0 Å². The van der Waals surface area contributed by atoms with Crippen LogP contribution in [0.3, 0.4) is 0 Å². The minimum Gasteiger partial charge on any atom is -0.489 e. The van der Waals surface area contributed by atoms with Gasteiger partial charge in [-0.05, 0) is 79.5 Å². The van der Waals surface area contributed by atoms with Crippen molar-refractivity contribution in [2.45, 2.75) is 75.4 Å². The highest BCUT2D eigenvalue weighted by Crippen LogP contribution is 2.33. The van der Waals surface area contributed by atoms with Gasteiger partial charge in [0.25, 0.3) is 10.0 Å². The van der Waals surface area contributed by atoms with Gasteiger partial charge in [0.05, 0.1) is 12.2 Å². The maximum absolute atomic E-state index is 13.1. The van der Waals surface area contributed by atoms with E-state index in [-0.39, 0.29) is 23.2 Å². The molecule has 40 heavy (non-hydrogen) atoms. The minimum absolute atomic E-state index is 0.00772. The van der Waals surface area contributed by atoms with Crippen LogP contribution in [0.5, 0.6) is 5.75 Å². The summed E-state index contributed by atoms with van der Waals surface area (Å²) in [6, 6.07) is 22.8. The van der Waals surface area contributed by atoms with Gasteiger partial charge in [-0.1, -0.05) is 74.0 Å². The smallest absolute Gasteiger partial charge is 0.267 e. The van der Waals surface area contributed by atoms with Crippen LogP contribution in [0.4, 0.5) is 0 Å². The number of aliphatic hydroxyl groups excluding tert-OH is 1. The molecule has 1 fully saturated rings. The van der Waals surface area contributed by atoms with Gasteiger partial charge in [-0.2, -0.15) is 0 Å². The Bertz CT molecular complexity index is 1340. The summed E-state index contributed by atoms with van der Waals surface area (Å²) in [5, 5.41) is 13.6. The largest absolute Gasteiger partial charge is 0.489 e. The van der Waals surface area contributed by atoms with Crippen molar-refractivity contribution >= 4 is 15.9 Å². The van der Waals surface area contributed by atoms with E-state index < -0.39 is 22.0 Å². The number of hydrogen-bond donors (Lipinski definition) is 3. The molecule has 1 aliphatic rings. The lowest BCUT2D eigenvalue weighted by Crippen LogP contribution is -2.31. The summed E-state index contributed by atoms with van der Waals surface area (Å²) in [6.45, 7) is 3.05. The van der Waals surface area contributed by atoms with Crippen molar-refractivity contribution in [2.75, 3.05) is 13.1 Å². The zero-order valence-corrected chi connectivity index (χ0v) is 24.0. The lowest BCUT2D eigenvalue weighted by Gasteiger charge is -2.24. The number of benzene rings is 3. The average Bonchev–Trinajstić information content (AvgIpc) is 2.96. The Hall–Kier alpha value is -3.20. The minimum atomic E-state index is -4.05. The van der Waals surface area contributed by atoms with Gasteiger partial charge in [-0.3, -0.25) is 4.79 Å². The first-order valence-corrected chi connectivity index (χ1v) is 15.7. The van der Waals surface area contributed by atoms with Crippen molar-refractivity contribution in [3.63, 3.8) is 0 Å². The molecule has 3 aromatic carbocycles. The van der Waals surface area contributed by atoms with E-state index in [1.54, 1.807) is 12.1 Å². The van der Waals surface area contributed by atoms with Crippen LogP contribution in [0, 0.1) is 0 Å². The van der Waals surface area contributed by atoms with E-state index in [0.717, 1.165) is 67.3 Å². The number of sulfonamides is 1. The molecule has 3 N–H and O–H groups in total. The first kappa shape index (κ1) is 29.8. The third-order valence-corrected chi connectivity index (χ3v) is 8.62. The van der Waals surface area contributed by atoms with Gasteiger partial charge in [0.2, 0.25) is 5.91 Å². The molecule has 0 spiro atoms. The standard InChI is InChI=1S/C32H40N2O5S/c1-2-9-32(36)34-40(37,38)31-19-18-27(22-30(31)39-28-12-7-4-8-13-28)25-16-14-24(15-17-25)20-21-33-23-29(35)26-10-5-3-6-11-26/h3,5-6,10-11,14-19,22,28-29,33,35H,2,4,7-9,12-13,20-21,23H2,1H3,(H,34,36)/t29-/m1/s1. The number of carbonyl (C=O) groups excluding carboxylic acids is 1. The number of nitrogens with one attached hydrogen (secondary N) is 2. The number of hydrogen-bond acceptors (Lipinski definition) is 6. The molecule has 0 saturated heterocycles. The van der Waals surface area contributed by atoms with E-state index in [2.05, 4.69) is 22.2 Å². The fraction of sp³-hybridized carbons (Fsp3) is 0.406. The van der Waals surface area contributed by atoms with Gasteiger partial charge in [-0.25, -0.2) is 13.1 Å². The Kier molecular flexibility index (Phi) is 10.7. The van der Waals surface area contributed by atoms with Crippen molar-refractivity contribution in [1.82, 2.24) is 10.0 Å². The third kappa shape index (κ3) is 8.40. The van der Waals surface area contributed by atoms with Crippen molar-refractivity contribution in [3.8, 4) is 16.9 Å². The van der Waals surface area contributed by atoms with Crippen molar-refractivity contribution in [1.29, 1.82) is 0 Å². The molecule has 1 amide bonds. The van der Waals surface area contributed by atoms with E-state index in [1.807, 2.05) is 49.4 Å². The Labute approximate surface area is 238 Å².